The first-order chi connectivity index (χ1) is 10.5. The first-order valence-electron chi connectivity index (χ1n) is 6.70. The van der Waals surface area contributed by atoms with Crippen molar-refractivity contribution < 1.29 is 17.2 Å². The molecule has 0 radical (unpaired) electrons. The van der Waals surface area contributed by atoms with Crippen molar-refractivity contribution in [1.82, 2.24) is 19.4 Å². The number of nitrogens with one attached hydrogen (secondary N) is 1. The highest BCUT2D eigenvalue weighted by molar-refractivity contribution is 7.89. The minimum atomic E-state index is -3.79. The van der Waals surface area contributed by atoms with Gasteiger partial charge < -0.3 is 5.32 Å². The molecule has 118 valence electrons. The van der Waals surface area contributed by atoms with E-state index in [-0.39, 0.29) is 10.7 Å². The second-order valence-corrected chi connectivity index (χ2v) is 6.72. The molecule has 0 amide bonds. The molecule has 0 saturated carbocycles. The van der Waals surface area contributed by atoms with Crippen LogP contribution in [0.4, 0.5) is 8.78 Å². The van der Waals surface area contributed by atoms with E-state index in [1.54, 1.807) is 0 Å². The van der Waals surface area contributed by atoms with Gasteiger partial charge in [0, 0.05) is 32.2 Å². The maximum absolute atomic E-state index is 13.9. The van der Waals surface area contributed by atoms with Crippen LogP contribution in [0.15, 0.2) is 35.5 Å². The molecule has 22 heavy (non-hydrogen) atoms. The predicted octanol–water partition coefficient (Wildman–Crippen LogP) is 0.744. The summed E-state index contributed by atoms with van der Waals surface area (Å²) in [5.74, 6) is -1.61. The van der Waals surface area contributed by atoms with E-state index < -0.39 is 21.7 Å². The summed E-state index contributed by atoms with van der Waals surface area (Å²) < 4.78 is 54.5. The van der Waals surface area contributed by atoms with Crippen LogP contribution < -0.4 is 5.32 Å². The Bertz CT molecular complexity index is 785. The van der Waals surface area contributed by atoms with Crippen LogP contribution >= 0.6 is 0 Å². The first kappa shape index (κ1) is 15.1. The van der Waals surface area contributed by atoms with E-state index in [9.17, 15) is 17.2 Å². The molecule has 1 saturated heterocycles. The molecule has 0 spiro atoms. The molecule has 0 atom stereocenters. The van der Waals surface area contributed by atoms with E-state index in [0.717, 1.165) is 16.8 Å². The summed E-state index contributed by atoms with van der Waals surface area (Å²) in [6.07, 6.45) is 1.28. The molecule has 1 fully saturated rings. The number of piperazine rings is 1. The average molecular weight is 328 g/mol. The summed E-state index contributed by atoms with van der Waals surface area (Å²) in [6.45, 7) is 1.77. The van der Waals surface area contributed by atoms with E-state index in [1.165, 1.54) is 16.6 Å². The second-order valence-electron chi connectivity index (χ2n) is 4.83. The Kier molecular flexibility index (Phi) is 3.94. The van der Waals surface area contributed by atoms with Gasteiger partial charge >= 0.3 is 0 Å². The number of sulfonamides is 1. The van der Waals surface area contributed by atoms with E-state index in [4.69, 9.17) is 0 Å². The fourth-order valence-corrected chi connectivity index (χ4v) is 3.86. The van der Waals surface area contributed by atoms with E-state index in [0.29, 0.717) is 32.2 Å². The first-order valence-corrected chi connectivity index (χ1v) is 8.14. The summed E-state index contributed by atoms with van der Waals surface area (Å²) in [7, 11) is -3.79. The number of aromatic nitrogens is 2. The SMILES string of the molecule is O=S(=O)(c1ccnn1-c1ccc(F)cc1F)N1CCNCC1. The third-order valence-corrected chi connectivity index (χ3v) is 5.31. The number of halogens is 2. The fourth-order valence-electron chi connectivity index (χ4n) is 2.34. The molecular weight excluding hydrogens is 314 g/mol. The van der Waals surface area contributed by atoms with Gasteiger partial charge in [-0.1, -0.05) is 0 Å². The van der Waals surface area contributed by atoms with Gasteiger partial charge in [0.1, 0.15) is 11.5 Å². The zero-order valence-corrected chi connectivity index (χ0v) is 12.4. The van der Waals surface area contributed by atoms with Crippen molar-refractivity contribution >= 4 is 10.0 Å². The Morgan fingerprint density at radius 2 is 1.86 bits per heavy atom. The summed E-state index contributed by atoms with van der Waals surface area (Å²) >= 11 is 0. The number of hydrogen-bond donors (Lipinski definition) is 1. The van der Waals surface area contributed by atoms with Crippen LogP contribution in [-0.4, -0.2) is 48.7 Å². The van der Waals surface area contributed by atoms with Gasteiger partial charge in [0.2, 0.25) is 0 Å². The quantitative estimate of drug-likeness (QED) is 0.903. The van der Waals surface area contributed by atoms with Crippen molar-refractivity contribution in [1.29, 1.82) is 0 Å². The maximum atomic E-state index is 13.9. The maximum Gasteiger partial charge on any atom is 0.260 e. The zero-order chi connectivity index (χ0) is 15.7. The molecule has 1 aliphatic rings. The molecule has 9 heteroatoms. The third-order valence-electron chi connectivity index (χ3n) is 3.43. The summed E-state index contributed by atoms with van der Waals surface area (Å²) in [4.78, 5) is 0. The highest BCUT2D eigenvalue weighted by Gasteiger charge is 2.30. The molecule has 1 aromatic carbocycles. The predicted molar refractivity (Wildman–Crippen MR) is 75.1 cm³/mol. The molecular formula is C13H14F2N4O2S. The molecule has 2 aromatic rings. The van der Waals surface area contributed by atoms with E-state index in [2.05, 4.69) is 10.4 Å². The van der Waals surface area contributed by atoms with Crippen molar-refractivity contribution in [2.75, 3.05) is 26.2 Å². The molecule has 6 nitrogen and oxygen atoms in total. The van der Waals surface area contributed by atoms with Gasteiger partial charge in [-0.3, -0.25) is 0 Å². The Hall–Kier alpha value is -1.84. The topological polar surface area (TPSA) is 67.2 Å². The standard InChI is InChI=1S/C13H14F2N4O2S/c14-10-1-2-12(11(15)9-10)19-13(3-4-17-19)22(20,21)18-7-5-16-6-8-18/h1-4,9,16H,5-8H2. The Balaban J connectivity index is 2.05. The van der Waals surface area contributed by atoms with Gasteiger partial charge in [-0.05, 0) is 18.2 Å². The molecule has 3 rings (SSSR count). The van der Waals surface area contributed by atoms with Gasteiger partial charge in [0.25, 0.3) is 10.0 Å². The van der Waals surface area contributed by atoms with Gasteiger partial charge in [-0.15, -0.1) is 0 Å². The van der Waals surface area contributed by atoms with E-state index >= 15 is 0 Å². The minimum absolute atomic E-state index is 0.111. The van der Waals surface area contributed by atoms with Gasteiger partial charge in [0.15, 0.2) is 10.8 Å². The summed E-state index contributed by atoms with van der Waals surface area (Å²) in [6, 6.07) is 4.22. The summed E-state index contributed by atoms with van der Waals surface area (Å²) in [5, 5.41) is 6.80. The van der Waals surface area contributed by atoms with Crippen LogP contribution in [-0.2, 0) is 10.0 Å². The van der Waals surface area contributed by atoms with Crippen molar-refractivity contribution in [2.24, 2.45) is 0 Å². The fraction of sp³-hybridized carbons (Fsp3) is 0.308. The molecule has 1 aliphatic heterocycles. The monoisotopic (exact) mass is 328 g/mol. The lowest BCUT2D eigenvalue weighted by Gasteiger charge is -2.26. The normalized spacial score (nSPS) is 16.8. The lowest BCUT2D eigenvalue weighted by molar-refractivity contribution is 0.357. The van der Waals surface area contributed by atoms with Crippen LogP contribution in [0.1, 0.15) is 0 Å². The minimum Gasteiger partial charge on any atom is -0.314 e. The van der Waals surface area contributed by atoms with Crippen molar-refractivity contribution in [3.63, 3.8) is 0 Å². The molecule has 0 aliphatic carbocycles. The molecule has 2 heterocycles. The Labute approximate surface area is 126 Å². The highest BCUT2D eigenvalue weighted by atomic mass is 32.2. The van der Waals surface area contributed by atoms with Crippen LogP contribution in [0.25, 0.3) is 5.69 Å². The van der Waals surface area contributed by atoms with Crippen LogP contribution in [0.2, 0.25) is 0 Å². The number of hydrogen-bond acceptors (Lipinski definition) is 4. The largest absolute Gasteiger partial charge is 0.314 e. The van der Waals surface area contributed by atoms with Gasteiger partial charge in [-0.25, -0.2) is 21.9 Å². The van der Waals surface area contributed by atoms with Gasteiger partial charge in [0.05, 0.1) is 6.20 Å². The van der Waals surface area contributed by atoms with Gasteiger partial charge in [-0.2, -0.15) is 9.40 Å². The van der Waals surface area contributed by atoms with Crippen molar-refractivity contribution in [3.05, 3.63) is 42.1 Å². The second kappa shape index (κ2) is 5.75. The number of rotatable bonds is 3. The molecule has 1 N–H and O–H groups in total. The lowest BCUT2D eigenvalue weighted by Crippen LogP contribution is -2.46. The number of nitrogens with zero attached hydrogens (tertiary/aromatic N) is 3. The van der Waals surface area contributed by atoms with Crippen LogP contribution in [0, 0.1) is 11.6 Å². The average Bonchev–Trinajstić information content (AvgIpc) is 2.98. The van der Waals surface area contributed by atoms with Crippen molar-refractivity contribution in [3.8, 4) is 5.69 Å². The smallest absolute Gasteiger partial charge is 0.260 e. The van der Waals surface area contributed by atoms with E-state index in [1.807, 2.05) is 0 Å². The van der Waals surface area contributed by atoms with Crippen LogP contribution in [0.5, 0.6) is 0 Å². The zero-order valence-electron chi connectivity index (χ0n) is 11.5. The van der Waals surface area contributed by atoms with Crippen LogP contribution in [0.3, 0.4) is 0 Å². The molecule has 1 aromatic heterocycles. The summed E-state index contributed by atoms with van der Waals surface area (Å²) in [5.41, 5.74) is -0.111. The lowest BCUT2D eigenvalue weighted by atomic mass is 10.3. The Morgan fingerprint density at radius 1 is 1.14 bits per heavy atom. The Morgan fingerprint density at radius 3 is 2.55 bits per heavy atom. The number of benzene rings is 1. The molecule has 0 bridgehead atoms. The third kappa shape index (κ3) is 2.62. The molecule has 0 unspecified atom stereocenters. The highest BCUT2D eigenvalue weighted by Crippen LogP contribution is 2.22. The van der Waals surface area contributed by atoms with Crippen molar-refractivity contribution in [2.45, 2.75) is 5.03 Å².